The van der Waals surface area contributed by atoms with E-state index in [9.17, 15) is 9.18 Å². The number of alkyl halides is 1. The summed E-state index contributed by atoms with van der Waals surface area (Å²) in [5.41, 5.74) is 3.04. The van der Waals surface area contributed by atoms with Crippen molar-refractivity contribution in [3.8, 4) is 0 Å². The van der Waals surface area contributed by atoms with E-state index >= 15 is 0 Å². The molecule has 0 saturated carbocycles. The molecule has 4 aromatic rings. The first-order valence-corrected chi connectivity index (χ1v) is 13.8. The molecule has 2 amide bonds. The molecule has 1 aliphatic rings. The van der Waals surface area contributed by atoms with Crippen LogP contribution in [-0.2, 0) is 24.3 Å². The van der Waals surface area contributed by atoms with Gasteiger partial charge in [0.25, 0.3) is 0 Å². The normalized spacial score (nSPS) is 14.1. The maximum atomic E-state index is 13.3. The second-order valence-electron chi connectivity index (χ2n) is 8.57. The predicted molar refractivity (Wildman–Crippen MR) is 147 cm³/mol. The molecule has 1 fully saturated rings. The molecule has 0 atom stereocenters. The van der Waals surface area contributed by atoms with Crippen LogP contribution < -0.4 is 16.0 Å². The van der Waals surface area contributed by atoms with Crippen molar-refractivity contribution >= 4 is 55.6 Å². The summed E-state index contributed by atoms with van der Waals surface area (Å²) in [5, 5.41) is 11.6. The number of morpholine rings is 1. The molecule has 0 spiro atoms. The molecule has 5 rings (SSSR count). The monoisotopic (exact) mass is 541 g/mol. The molecule has 0 radical (unpaired) electrons. The summed E-state index contributed by atoms with van der Waals surface area (Å²) >= 11 is 3.03. The van der Waals surface area contributed by atoms with Crippen LogP contribution in [0.4, 0.5) is 25.8 Å². The fraction of sp³-hybridized carbons (Fsp3) is 0.360. The molecule has 3 N–H and O–H groups in total. The molecule has 0 unspecified atom stereocenters. The highest BCUT2D eigenvalue weighted by molar-refractivity contribution is 7.17. The number of carbonyl (C=O) groups excluding carboxylic acids is 1. The molecule has 0 aliphatic carbocycles. The molecule has 0 bridgehead atoms. The minimum Gasteiger partial charge on any atom is -0.379 e. The lowest BCUT2D eigenvalue weighted by atomic mass is 10.1. The molecule has 12 heteroatoms. The summed E-state index contributed by atoms with van der Waals surface area (Å²) in [6.07, 6.45) is 4.81. The van der Waals surface area contributed by atoms with Crippen LogP contribution in [0.2, 0.25) is 0 Å². The summed E-state index contributed by atoms with van der Waals surface area (Å²) < 4.78 is 19.7. The third-order valence-corrected chi connectivity index (χ3v) is 7.94. The van der Waals surface area contributed by atoms with E-state index in [1.165, 1.54) is 11.3 Å². The Labute approximate surface area is 222 Å². The zero-order valence-corrected chi connectivity index (χ0v) is 21.8. The molecule has 4 heterocycles. The van der Waals surface area contributed by atoms with Gasteiger partial charge in [0, 0.05) is 49.4 Å². The van der Waals surface area contributed by atoms with E-state index in [1.807, 2.05) is 17.5 Å². The van der Waals surface area contributed by atoms with E-state index in [2.05, 4.69) is 35.8 Å². The topological polar surface area (TPSA) is 104 Å². The van der Waals surface area contributed by atoms with Gasteiger partial charge in [-0.05, 0) is 35.1 Å². The van der Waals surface area contributed by atoms with Gasteiger partial charge in [-0.2, -0.15) is 0 Å². The lowest BCUT2D eigenvalue weighted by molar-refractivity contribution is 0.0384. The number of fused-ring (bicyclic) bond motifs is 1. The molecule has 194 valence electrons. The van der Waals surface area contributed by atoms with Gasteiger partial charge < -0.3 is 15.4 Å². The van der Waals surface area contributed by atoms with Gasteiger partial charge in [0.2, 0.25) is 0 Å². The van der Waals surface area contributed by atoms with Gasteiger partial charge in [-0.15, -0.1) is 22.7 Å². The number of amides is 2. The highest BCUT2D eigenvalue weighted by atomic mass is 32.1. The Bertz CT molecular complexity index is 1340. The van der Waals surface area contributed by atoms with Crippen LogP contribution in [0.5, 0.6) is 0 Å². The van der Waals surface area contributed by atoms with Crippen LogP contribution in [0.1, 0.15) is 16.0 Å². The minimum atomic E-state index is -0.586. The number of hydrogen-bond donors (Lipinski definition) is 3. The zero-order valence-electron chi connectivity index (χ0n) is 20.2. The second-order valence-corrected chi connectivity index (χ2v) is 10.6. The van der Waals surface area contributed by atoms with Crippen molar-refractivity contribution in [1.82, 2.24) is 19.9 Å². The standard InChI is InChI=1S/C25H28FN7O2S2/c26-14-17-1-2-18(4-7-33-8-10-35-11-9-33)21(13-17)31-24(34)32-25-28-15-19(37-25)3-6-27-23-22-20(5-12-36-22)29-16-30-23/h1-2,5,12-13,15-16H,3-4,6-11,14H2,(H,27,29,30)(H2,28,31,32,34). The number of nitrogens with zero attached hydrogens (tertiary/aromatic N) is 4. The fourth-order valence-corrected chi connectivity index (χ4v) is 5.71. The van der Waals surface area contributed by atoms with Crippen LogP contribution in [0.25, 0.3) is 10.2 Å². The third kappa shape index (κ3) is 6.77. The molecular formula is C25H28FN7O2S2. The van der Waals surface area contributed by atoms with E-state index < -0.39 is 12.7 Å². The van der Waals surface area contributed by atoms with E-state index in [0.717, 1.165) is 72.2 Å². The van der Waals surface area contributed by atoms with Gasteiger partial charge in [-0.1, -0.05) is 12.1 Å². The molecule has 3 aromatic heterocycles. The van der Waals surface area contributed by atoms with E-state index in [4.69, 9.17) is 4.74 Å². The van der Waals surface area contributed by atoms with Gasteiger partial charge in [0.15, 0.2) is 5.13 Å². The summed E-state index contributed by atoms with van der Waals surface area (Å²) in [6, 6.07) is 6.93. The highest BCUT2D eigenvalue weighted by Gasteiger charge is 2.14. The second kappa shape index (κ2) is 12.4. The molecule has 1 aromatic carbocycles. The zero-order chi connectivity index (χ0) is 25.5. The number of aromatic nitrogens is 3. The smallest absolute Gasteiger partial charge is 0.325 e. The van der Waals surface area contributed by atoms with Gasteiger partial charge >= 0.3 is 6.03 Å². The third-order valence-electron chi connectivity index (χ3n) is 6.06. The average molecular weight is 542 g/mol. The number of hydrogen-bond acceptors (Lipinski definition) is 9. The van der Waals surface area contributed by atoms with Gasteiger partial charge in [0.1, 0.15) is 18.8 Å². The molecule has 9 nitrogen and oxygen atoms in total. The number of rotatable bonds is 10. The Morgan fingerprint density at radius 2 is 2.00 bits per heavy atom. The first-order valence-electron chi connectivity index (χ1n) is 12.1. The number of carbonyl (C=O) groups is 1. The van der Waals surface area contributed by atoms with Crippen molar-refractivity contribution in [3.63, 3.8) is 0 Å². The van der Waals surface area contributed by atoms with Crippen molar-refractivity contribution in [2.24, 2.45) is 0 Å². The summed E-state index contributed by atoms with van der Waals surface area (Å²) in [6.45, 7) is 4.21. The van der Waals surface area contributed by atoms with E-state index in [0.29, 0.717) is 22.9 Å². The number of ether oxygens (including phenoxy) is 1. The first-order chi connectivity index (χ1) is 18.2. The number of benzene rings is 1. The average Bonchev–Trinajstić information content (AvgIpc) is 3.58. The fourth-order valence-electron chi connectivity index (χ4n) is 4.09. The Morgan fingerprint density at radius 3 is 2.86 bits per heavy atom. The summed E-state index contributed by atoms with van der Waals surface area (Å²) in [7, 11) is 0. The van der Waals surface area contributed by atoms with Crippen molar-refractivity contribution in [2.75, 3.05) is 55.3 Å². The largest absolute Gasteiger partial charge is 0.379 e. The molecule has 37 heavy (non-hydrogen) atoms. The van der Waals surface area contributed by atoms with Crippen LogP contribution in [-0.4, -0.2) is 65.3 Å². The first kappa shape index (κ1) is 25.5. The maximum Gasteiger partial charge on any atom is 0.325 e. The van der Waals surface area contributed by atoms with Gasteiger partial charge in [-0.25, -0.2) is 24.1 Å². The molecule has 1 aliphatic heterocycles. The van der Waals surface area contributed by atoms with Crippen LogP contribution in [0, 0.1) is 0 Å². The van der Waals surface area contributed by atoms with Crippen LogP contribution >= 0.6 is 22.7 Å². The lowest BCUT2D eigenvalue weighted by Gasteiger charge is -2.26. The van der Waals surface area contributed by atoms with Gasteiger partial charge in [0.05, 0.1) is 23.4 Å². The minimum absolute atomic E-state index is 0.399. The molecule has 1 saturated heterocycles. The predicted octanol–water partition coefficient (Wildman–Crippen LogP) is 4.79. The SMILES string of the molecule is O=C(Nc1ncc(CCNc2ncnc3ccsc23)s1)Nc1cc(CF)ccc1CCN1CCOCC1. The van der Waals surface area contributed by atoms with E-state index in [1.54, 1.807) is 36.0 Å². The number of urea groups is 1. The van der Waals surface area contributed by atoms with Crippen LogP contribution in [0.3, 0.4) is 0 Å². The maximum absolute atomic E-state index is 13.3. The van der Waals surface area contributed by atoms with Crippen molar-refractivity contribution in [3.05, 3.63) is 58.2 Å². The van der Waals surface area contributed by atoms with Crippen molar-refractivity contribution in [1.29, 1.82) is 0 Å². The summed E-state index contributed by atoms with van der Waals surface area (Å²) in [4.78, 5) is 29.0. The Balaban J connectivity index is 1.14. The summed E-state index contributed by atoms with van der Waals surface area (Å²) in [5.74, 6) is 0.821. The van der Waals surface area contributed by atoms with Gasteiger partial charge in [-0.3, -0.25) is 10.2 Å². The Hall–Kier alpha value is -3.19. The number of nitrogens with one attached hydrogen (secondary N) is 3. The number of anilines is 3. The quantitative estimate of drug-likeness (QED) is 0.265. The number of halogens is 1. The number of thiazole rings is 1. The number of thiophene rings is 1. The van der Waals surface area contributed by atoms with Crippen molar-refractivity contribution in [2.45, 2.75) is 19.5 Å². The highest BCUT2D eigenvalue weighted by Crippen LogP contribution is 2.25. The lowest BCUT2D eigenvalue weighted by Crippen LogP contribution is -2.37. The molecular weight excluding hydrogens is 513 g/mol. The van der Waals surface area contributed by atoms with Crippen molar-refractivity contribution < 1.29 is 13.9 Å². The Morgan fingerprint density at radius 1 is 1.11 bits per heavy atom. The Kier molecular flexibility index (Phi) is 8.51. The van der Waals surface area contributed by atoms with E-state index in [-0.39, 0.29) is 0 Å². The van der Waals surface area contributed by atoms with Crippen LogP contribution in [0.15, 0.2) is 42.2 Å².